The van der Waals surface area contributed by atoms with E-state index in [1.807, 2.05) is 6.92 Å². The summed E-state index contributed by atoms with van der Waals surface area (Å²) < 4.78 is 8.60. The van der Waals surface area contributed by atoms with Crippen molar-refractivity contribution in [3.63, 3.8) is 0 Å². The Bertz CT molecular complexity index is 141. The topological polar surface area (TPSA) is 52.6 Å². The predicted molar refractivity (Wildman–Crippen MR) is 45.2 cm³/mol. The average Bonchev–Trinajstić information content (AvgIpc) is 1.87. The van der Waals surface area contributed by atoms with Crippen molar-refractivity contribution < 1.29 is 18.4 Å². The summed E-state index contributed by atoms with van der Waals surface area (Å²) in [6.07, 6.45) is 1.75. The lowest BCUT2D eigenvalue weighted by atomic mass is 10.8. The maximum Gasteiger partial charge on any atom is 0.614 e. The molecule has 0 aromatic rings. The summed E-state index contributed by atoms with van der Waals surface area (Å²) in [7, 11) is -0.506. The fourth-order valence-corrected chi connectivity index (χ4v) is 0.415. The largest absolute Gasteiger partial charge is 0.614 e. The van der Waals surface area contributed by atoms with Crippen molar-refractivity contribution in [1.82, 2.24) is 0 Å². The first-order chi connectivity index (χ1) is 5.54. The second kappa shape index (κ2) is 9.90. The van der Waals surface area contributed by atoms with Gasteiger partial charge in [-0.3, -0.25) is 9.59 Å². The second-order valence-electron chi connectivity index (χ2n) is 1.68. The zero-order valence-electron chi connectivity index (χ0n) is 7.42. The molecule has 0 saturated carbocycles. The van der Waals surface area contributed by atoms with E-state index in [1.165, 1.54) is 13.8 Å². The van der Waals surface area contributed by atoms with Gasteiger partial charge in [0.05, 0.1) is 0 Å². The second-order valence-corrected chi connectivity index (χ2v) is 2.25. The molecule has 0 aromatic carbocycles. The summed E-state index contributed by atoms with van der Waals surface area (Å²) in [6.45, 7) is 7.74. The third-order valence-electron chi connectivity index (χ3n) is 0.371. The first-order valence-corrected chi connectivity index (χ1v) is 4.03. The molecule has 68 valence electrons. The van der Waals surface area contributed by atoms with Gasteiger partial charge in [-0.15, -0.1) is 6.58 Å². The van der Waals surface area contributed by atoms with Crippen LogP contribution in [-0.4, -0.2) is 21.9 Å². The van der Waals surface area contributed by atoms with Crippen LogP contribution in [0.15, 0.2) is 12.7 Å². The van der Waals surface area contributed by atoms with E-state index < -0.39 is 21.9 Å². The molecule has 0 unspecified atom stereocenters. The summed E-state index contributed by atoms with van der Waals surface area (Å²) in [5.74, 6) is -0.899. The molecule has 0 fully saturated rings. The number of carbonyl (C=O) groups excluding carboxylic acids is 2. The highest BCUT2D eigenvalue weighted by Crippen LogP contribution is 1.75. The quantitative estimate of drug-likeness (QED) is 0.476. The Balaban J connectivity index is 0. The Labute approximate surface area is 74.6 Å². The average molecular weight is 188 g/mol. The fourth-order valence-electron chi connectivity index (χ4n) is 0.138. The van der Waals surface area contributed by atoms with Gasteiger partial charge in [0.2, 0.25) is 0 Å². The lowest BCUT2D eigenvalue weighted by Gasteiger charge is -1.95. The highest BCUT2D eigenvalue weighted by molar-refractivity contribution is 6.25. The van der Waals surface area contributed by atoms with Gasteiger partial charge in [0, 0.05) is 13.8 Å². The van der Waals surface area contributed by atoms with Crippen molar-refractivity contribution in [1.29, 1.82) is 0 Å². The van der Waals surface area contributed by atoms with E-state index >= 15 is 0 Å². The van der Waals surface area contributed by atoms with E-state index in [4.69, 9.17) is 0 Å². The molecule has 0 heterocycles. The Kier molecular flexibility index (Phi) is 11.1. The SMILES string of the molecule is C=CC.CC(=O)O[Si]OC(C)=O. The van der Waals surface area contributed by atoms with Gasteiger partial charge in [-0.2, -0.15) is 0 Å². The molecule has 0 rings (SSSR count). The van der Waals surface area contributed by atoms with E-state index in [1.54, 1.807) is 6.08 Å². The van der Waals surface area contributed by atoms with Crippen LogP contribution in [-0.2, 0) is 18.4 Å². The fraction of sp³-hybridized carbons (Fsp3) is 0.429. The van der Waals surface area contributed by atoms with Crippen LogP contribution in [0.1, 0.15) is 20.8 Å². The summed E-state index contributed by atoms with van der Waals surface area (Å²) in [5.41, 5.74) is 0. The number of allylic oxidation sites excluding steroid dienone is 1. The van der Waals surface area contributed by atoms with Crippen molar-refractivity contribution in [3.05, 3.63) is 12.7 Å². The number of hydrogen-bond acceptors (Lipinski definition) is 4. The Morgan fingerprint density at radius 2 is 1.50 bits per heavy atom. The number of hydrogen-bond donors (Lipinski definition) is 0. The van der Waals surface area contributed by atoms with Gasteiger partial charge < -0.3 is 8.85 Å². The summed E-state index contributed by atoms with van der Waals surface area (Å²) in [6, 6.07) is 0. The zero-order valence-corrected chi connectivity index (χ0v) is 8.42. The molecule has 0 saturated heterocycles. The summed E-state index contributed by atoms with van der Waals surface area (Å²) in [5, 5.41) is 0. The summed E-state index contributed by atoms with van der Waals surface area (Å²) >= 11 is 0. The molecule has 0 N–H and O–H groups in total. The molecule has 12 heavy (non-hydrogen) atoms. The smallest absolute Gasteiger partial charge is 0.481 e. The lowest BCUT2D eigenvalue weighted by molar-refractivity contribution is -0.136. The minimum Gasteiger partial charge on any atom is -0.481 e. The van der Waals surface area contributed by atoms with Gasteiger partial charge in [-0.1, -0.05) is 6.08 Å². The minimum absolute atomic E-state index is 0.449. The summed E-state index contributed by atoms with van der Waals surface area (Å²) in [4.78, 5) is 20.0. The molecular formula is C7H12O4Si. The van der Waals surface area contributed by atoms with Crippen LogP contribution in [0.4, 0.5) is 0 Å². The van der Waals surface area contributed by atoms with Crippen LogP contribution in [0.3, 0.4) is 0 Å². The van der Waals surface area contributed by atoms with Gasteiger partial charge in [0.1, 0.15) is 0 Å². The molecule has 0 aliphatic rings. The molecule has 0 aromatic heterocycles. The van der Waals surface area contributed by atoms with Crippen LogP contribution < -0.4 is 0 Å². The molecule has 0 aliphatic carbocycles. The molecule has 0 spiro atoms. The molecule has 0 aliphatic heterocycles. The first-order valence-electron chi connectivity index (χ1n) is 3.21. The van der Waals surface area contributed by atoms with Gasteiger partial charge in [0.15, 0.2) is 0 Å². The van der Waals surface area contributed by atoms with Crippen LogP contribution in [0.2, 0.25) is 0 Å². The molecule has 5 heteroatoms. The molecular weight excluding hydrogens is 176 g/mol. The monoisotopic (exact) mass is 188 g/mol. The van der Waals surface area contributed by atoms with Crippen LogP contribution in [0.25, 0.3) is 0 Å². The third-order valence-corrected chi connectivity index (χ3v) is 1.11. The zero-order chi connectivity index (χ0) is 9.98. The molecule has 4 nitrogen and oxygen atoms in total. The normalized spacial score (nSPS) is 7.25. The van der Waals surface area contributed by atoms with Crippen molar-refractivity contribution in [2.24, 2.45) is 0 Å². The van der Waals surface area contributed by atoms with Crippen LogP contribution in [0, 0.1) is 0 Å². The molecule has 0 atom stereocenters. The maximum atomic E-state index is 10.0. The highest BCUT2D eigenvalue weighted by atomic mass is 28.3. The highest BCUT2D eigenvalue weighted by Gasteiger charge is 2.00. The molecule has 0 bridgehead atoms. The first kappa shape index (κ1) is 13.5. The maximum absolute atomic E-state index is 10.0. The number of rotatable bonds is 2. The van der Waals surface area contributed by atoms with E-state index in [2.05, 4.69) is 15.4 Å². The van der Waals surface area contributed by atoms with Crippen LogP contribution in [0.5, 0.6) is 0 Å². The van der Waals surface area contributed by atoms with Gasteiger partial charge in [0.25, 0.3) is 11.9 Å². The third kappa shape index (κ3) is 23.1. The lowest BCUT2D eigenvalue weighted by Crippen LogP contribution is -2.11. The Morgan fingerprint density at radius 3 is 1.67 bits per heavy atom. The van der Waals surface area contributed by atoms with E-state index in [-0.39, 0.29) is 0 Å². The van der Waals surface area contributed by atoms with E-state index in [0.29, 0.717) is 0 Å². The Hall–Kier alpha value is -1.10. The standard InChI is InChI=1S/C4H6O4Si.C3H6/c1-3(5)7-9-8-4(2)6;1-3-2/h1-2H3;3H,1H2,2H3. The van der Waals surface area contributed by atoms with Crippen molar-refractivity contribution in [2.75, 3.05) is 0 Å². The predicted octanol–water partition coefficient (Wildman–Crippen LogP) is 0.839. The minimum atomic E-state index is -0.506. The molecule has 2 radical (unpaired) electrons. The van der Waals surface area contributed by atoms with E-state index in [9.17, 15) is 9.59 Å². The van der Waals surface area contributed by atoms with Crippen molar-refractivity contribution in [3.8, 4) is 0 Å². The van der Waals surface area contributed by atoms with Crippen LogP contribution >= 0.6 is 0 Å². The van der Waals surface area contributed by atoms with Crippen molar-refractivity contribution in [2.45, 2.75) is 20.8 Å². The van der Waals surface area contributed by atoms with E-state index in [0.717, 1.165) is 0 Å². The van der Waals surface area contributed by atoms with Gasteiger partial charge in [-0.05, 0) is 6.92 Å². The van der Waals surface area contributed by atoms with Gasteiger partial charge in [-0.25, -0.2) is 0 Å². The Morgan fingerprint density at radius 1 is 1.25 bits per heavy atom. The van der Waals surface area contributed by atoms with Crippen molar-refractivity contribution >= 4 is 21.9 Å². The number of carbonyl (C=O) groups is 2. The van der Waals surface area contributed by atoms with Gasteiger partial charge >= 0.3 is 10.0 Å². The molecule has 0 amide bonds.